The Bertz CT molecular complexity index is 255. The van der Waals surface area contributed by atoms with Gasteiger partial charge in [0.1, 0.15) is 0 Å². The molecule has 58 valence electrons. The van der Waals surface area contributed by atoms with Crippen LogP contribution < -0.4 is 0 Å². The largest absolute Gasteiger partial charge is 0.264 e. The van der Waals surface area contributed by atoms with Crippen LogP contribution in [0.3, 0.4) is 0 Å². The summed E-state index contributed by atoms with van der Waals surface area (Å²) in [6.07, 6.45) is 7.86. The summed E-state index contributed by atoms with van der Waals surface area (Å²) in [6.45, 7) is 0. The van der Waals surface area contributed by atoms with Gasteiger partial charge in [0, 0.05) is 16.9 Å². The molecule has 0 atom stereocenters. The predicted octanol–water partition coefficient (Wildman–Crippen LogP) is 3.11. The van der Waals surface area contributed by atoms with Gasteiger partial charge in [-0.15, -0.1) is 0 Å². The van der Waals surface area contributed by atoms with E-state index in [0.29, 0.717) is 0 Å². The smallest absolute Gasteiger partial charge is 0.0313 e. The summed E-state index contributed by atoms with van der Waals surface area (Å²) in [5.74, 6) is 0.776. The number of pyridine rings is 1. The molecule has 0 spiro atoms. The van der Waals surface area contributed by atoms with Crippen molar-refractivity contribution in [3.05, 3.63) is 28.5 Å². The molecule has 0 saturated heterocycles. The van der Waals surface area contributed by atoms with Crippen LogP contribution in [0.4, 0.5) is 0 Å². The average molecular weight is 212 g/mol. The van der Waals surface area contributed by atoms with Crippen molar-refractivity contribution >= 4 is 15.9 Å². The molecule has 1 nitrogen and oxygen atoms in total. The number of nitrogens with zero attached hydrogens (tertiary/aromatic N) is 1. The zero-order chi connectivity index (χ0) is 7.68. The molecule has 1 aliphatic rings. The Morgan fingerprint density at radius 1 is 1.45 bits per heavy atom. The van der Waals surface area contributed by atoms with Crippen molar-refractivity contribution in [2.75, 3.05) is 0 Å². The first-order valence-electron chi connectivity index (χ1n) is 3.97. The highest BCUT2D eigenvalue weighted by Gasteiger charge is 2.21. The van der Waals surface area contributed by atoms with Crippen molar-refractivity contribution in [1.82, 2.24) is 4.98 Å². The molecule has 2 rings (SSSR count). The topological polar surface area (TPSA) is 12.9 Å². The van der Waals surface area contributed by atoms with Crippen LogP contribution in [0.15, 0.2) is 22.9 Å². The highest BCUT2D eigenvalue weighted by molar-refractivity contribution is 9.10. The van der Waals surface area contributed by atoms with Crippen LogP contribution in [0, 0.1) is 0 Å². The number of halogens is 1. The minimum absolute atomic E-state index is 0.776. The van der Waals surface area contributed by atoms with E-state index in [0.717, 1.165) is 5.92 Å². The predicted molar refractivity (Wildman–Crippen MR) is 48.5 cm³/mol. The summed E-state index contributed by atoms with van der Waals surface area (Å²) in [5, 5.41) is 0. The fraction of sp³-hybridized carbons (Fsp3) is 0.444. The Labute approximate surface area is 75.0 Å². The second kappa shape index (κ2) is 2.94. The van der Waals surface area contributed by atoms with Crippen LogP contribution in [-0.4, -0.2) is 4.98 Å². The summed E-state index contributed by atoms with van der Waals surface area (Å²) < 4.78 is 1.22. The zero-order valence-electron chi connectivity index (χ0n) is 6.26. The second-order valence-electron chi connectivity index (χ2n) is 3.03. The van der Waals surface area contributed by atoms with Crippen molar-refractivity contribution in [1.29, 1.82) is 0 Å². The molecule has 2 heteroatoms. The molecule has 1 aliphatic carbocycles. The Morgan fingerprint density at radius 3 is 2.82 bits per heavy atom. The van der Waals surface area contributed by atoms with Gasteiger partial charge in [-0.25, -0.2) is 0 Å². The van der Waals surface area contributed by atoms with Crippen LogP contribution >= 0.6 is 15.9 Å². The highest BCUT2D eigenvalue weighted by atomic mass is 79.9. The van der Waals surface area contributed by atoms with Crippen molar-refractivity contribution in [3.8, 4) is 0 Å². The van der Waals surface area contributed by atoms with E-state index in [9.17, 15) is 0 Å². The normalized spacial score (nSPS) is 17.9. The van der Waals surface area contributed by atoms with Crippen LogP contribution in [-0.2, 0) is 0 Å². The number of hydrogen-bond acceptors (Lipinski definition) is 1. The zero-order valence-corrected chi connectivity index (χ0v) is 7.84. The van der Waals surface area contributed by atoms with Crippen molar-refractivity contribution < 1.29 is 0 Å². The van der Waals surface area contributed by atoms with Gasteiger partial charge < -0.3 is 0 Å². The quantitative estimate of drug-likeness (QED) is 0.696. The van der Waals surface area contributed by atoms with E-state index in [2.05, 4.69) is 20.9 Å². The summed E-state index contributed by atoms with van der Waals surface area (Å²) in [5.41, 5.74) is 1.39. The van der Waals surface area contributed by atoms with E-state index < -0.39 is 0 Å². The van der Waals surface area contributed by atoms with E-state index in [1.807, 2.05) is 18.5 Å². The molecule has 1 saturated carbocycles. The standard InChI is InChI=1S/C9H10BrN/c10-9-4-5-11-6-8(9)7-2-1-3-7/h4-7H,1-3H2. The number of rotatable bonds is 1. The van der Waals surface area contributed by atoms with Gasteiger partial charge in [-0.1, -0.05) is 22.4 Å². The lowest BCUT2D eigenvalue weighted by atomic mass is 9.81. The molecule has 0 bridgehead atoms. The monoisotopic (exact) mass is 211 g/mol. The molecule has 11 heavy (non-hydrogen) atoms. The van der Waals surface area contributed by atoms with Crippen molar-refractivity contribution in [3.63, 3.8) is 0 Å². The first-order chi connectivity index (χ1) is 5.38. The van der Waals surface area contributed by atoms with Gasteiger partial charge in [0.15, 0.2) is 0 Å². The van der Waals surface area contributed by atoms with Crippen LogP contribution in [0.1, 0.15) is 30.7 Å². The molecular formula is C9H10BrN. The van der Waals surface area contributed by atoms with Gasteiger partial charge in [0.2, 0.25) is 0 Å². The van der Waals surface area contributed by atoms with Gasteiger partial charge in [-0.05, 0) is 30.4 Å². The first kappa shape index (κ1) is 7.29. The number of aromatic nitrogens is 1. The fourth-order valence-electron chi connectivity index (χ4n) is 1.41. The summed E-state index contributed by atoms with van der Waals surface area (Å²) in [7, 11) is 0. The molecule has 0 radical (unpaired) electrons. The number of hydrogen-bond donors (Lipinski definition) is 0. The van der Waals surface area contributed by atoms with E-state index in [-0.39, 0.29) is 0 Å². The van der Waals surface area contributed by atoms with Crippen molar-refractivity contribution in [2.45, 2.75) is 25.2 Å². The fourth-order valence-corrected chi connectivity index (χ4v) is 1.95. The first-order valence-corrected chi connectivity index (χ1v) is 4.76. The maximum absolute atomic E-state index is 4.12. The third-order valence-electron chi connectivity index (χ3n) is 2.34. The second-order valence-corrected chi connectivity index (χ2v) is 3.88. The van der Waals surface area contributed by atoms with E-state index >= 15 is 0 Å². The Balaban J connectivity index is 2.28. The summed E-state index contributed by atoms with van der Waals surface area (Å²) in [4.78, 5) is 4.12. The van der Waals surface area contributed by atoms with Gasteiger partial charge in [-0.2, -0.15) is 0 Å². The maximum Gasteiger partial charge on any atom is 0.0313 e. The summed E-state index contributed by atoms with van der Waals surface area (Å²) >= 11 is 3.53. The Hall–Kier alpha value is -0.370. The maximum atomic E-state index is 4.12. The lowest BCUT2D eigenvalue weighted by molar-refractivity contribution is 0.417. The Morgan fingerprint density at radius 2 is 2.27 bits per heavy atom. The molecular weight excluding hydrogens is 202 g/mol. The van der Waals surface area contributed by atoms with Crippen LogP contribution in [0.2, 0.25) is 0 Å². The van der Waals surface area contributed by atoms with E-state index in [1.54, 1.807) is 0 Å². The van der Waals surface area contributed by atoms with Crippen molar-refractivity contribution in [2.24, 2.45) is 0 Å². The molecule has 1 heterocycles. The van der Waals surface area contributed by atoms with Crippen LogP contribution in [0.25, 0.3) is 0 Å². The lowest BCUT2D eigenvalue weighted by Crippen LogP contribution is -2.09. The minimum Gasteiger partial charge on any atom is -0.264 e. The molecule has 0 aromatic carbocycles. The van der Waals surface area contributed by atoms with Gasteiger partial charge in [0.25, 0.3) is 0 Å². The minimum atomic E-state index is 0.776. The summed E-state index contributed by atoms with van der Waals surface area (Å²) in [6, 6.07) is 2.02. The highest BCUT2D eigenvalue weighted by Crippen LogP contribution is 2.38. The molecule has 1 fully saturated rings. The molecule has 1 aromatic rings. The third kappa shape index (κ3) is 1.32. The molecule has 0 aliphatic heterocycles. The average Bonchev–Trinajstić information content (AvgIpc) is 1.90. The molecule has 0 amide bonds. The van der Waals surface area contributed by atoms with E-state index in [1.165, 1.54) is 29.3 Å². The van der Waals surface area contributed by atoms with Gasteiger partial charge in [-0.3, -0.25) is 4.98 Å². The van der Waals surface area contributed by atoms with Gasteiger partial charge >= 0.3 is 0 Å². The van der Waals surface area contributed by atoms with Crippen LogP contribution in [0.5, 0.6) is 0 Å². The van der Waals surface area contributed by atoms with E-state index in [4.69, 9.17) is 0 Å². The molecule has 0 N–H and O–H groups in total. The lowest BCUT2D eigenvalue weighted by Gasteiger charge is -2.26. The molecule has 0 unspecified atom stereocenters. The molecule has 1 aromatic heterocycles. The third-order valence-corrected chi connectivity index (χ3v) is 3.06. The SMILES string of the molecule is Brc1ccncc1C1CCC1. The Kier molecular flexibility index (Phi) is 1.95. The van der Waals surface area contributed by atoms with Gasteiger partial charge in [0.05, 0.1) is 0 Å².